The Morgan fingerprint density at radius 3 is 2.52 bits per heavy atom. The van der Waals surface area contributed by atoms with E-state index in [1.165, 1.54) is 6.07 Å². The van der Waals surface area contributed by atoms with Crippen molar-refractivity contribution in [2.45, 2.75) is 45.3 Å². The van der Waals surface area contributed by atoms with Crippen LogP contribution in [0.15, 0.2) is 30.9 Å². The molecule has 0 bridgehead atoms. The number of carboxylic acid groups (broad SMARTS) is 1. The molecule has 1 saturated heterocycles. The molecule has 27 heavy (non-hydrogen) atoms. The maximum atomic E-state index is 12.1. The predicted molar refractivity (Wildman–Crippen MR) is 101 cm³/mol. The van der Waals surface area contributed by atoms with Gasteiger partial charge in [0.1, 0.15) is 35.4 Å². The van der Waals surface area contributed by atoms with Crippen molar-refractivity contribution in [2.24, 2.45) is 0 Å². The van der Waals surface area contributed by atoms with Crippen LogP contribution in [0.2, 0.25) is 0 Å². The van der Waals surface area contributed by atoms with E-state index in [-0.39, 0.29) is 30.1 Å². The van der Waals surface area contributed by atoms with Crippen molar-refractivity contribution < 1.29 is 28.9 Å². The van der Waals surface area contributed by atoms with Crippen LogP contribution in [0.5, 0.6) is 11.5 Å². The maximum Gasteiger partial charge on any atom is 0.410 e. The van der Waals surface area contributed by atoms with E-state index < -0.39 is 11.6 Å². The molecule has 1 aromatic rings. The number of likely N-dealkylation sites (tertiary alicyclic amines) is 1. The number of carbonyl (C=O) groups is 2. The van der Waals surface area contributed by atoms with Gasteiger partial charge in [0.05, 0.1) is 0 Å². The number of benzene rings is 1. The highest BCUT2D eigenvalue weighted by molar-refractivity contribution is 5.91. The predicted octanol–water partition coefficient (Wildman–Crippen LogP) is 3.73. The molecule has 0 aromatic heterocycles. The number of hydrogen-bond acceptors (Lipinski definition) is 5. The van der Waals surface area contributed by atoms with Crippen molar-refractivity contribution in [3.8, 4) is 11.5 Å². The minimum absolute atomic E-state index is 0.0633. The minimum Gasteiger partial charge on any atom is -0.490 e. The Kier molecular flexibility index (Phi) is 6.71. The molecule has 0 unspecified atom stereocenters. The van der Waals surface area contributed by atoms with Gasteiger partial charge >= 0.3 is 12.1 Å². The van der Waals surface area contributed by atoms with Gasteiger partial charge in [0.15, 0.2) is 0 Å². The lowest BCUT2D eigenvalue weighted by atomic mass is 10.1. The monoisotopic (exact) mass is 377 g/mol. The Morgan fingerprint density at radius 1 is 1.30 bits per heavy atom. The summed E-state index contributed by atoms with van der Waals surface area (Å²) in [6, 6.07) is 4.66. The second kappa shape index (κ2) is 8.79. The maximum absolute atomic E-state index is 12.1. The number of nitrogens with zero attached hydrogens (tertiary/aromatic N) is 1. The Balaban J connectivity index is 1.95. The first-order valence-electron chi connectivity index (χ1n) is 8.95. The molecule has 0 spiro atoms. The van der Waals surface area contributed by atoms with Crippen LogP contribution < -0.4 is 9.47 Å². The van der Waals surface area contributed by atoms with Gasteiger partial charge in [-0.05, 0) is 32.9 Å². The summed E-state index contributed by atoms with van der Waals surface area (Å²) in [5, 5.41) is 9.24. The molecule has 148 valence electrons. The van der Waals surface area contributed by atoms with Gasteiger partial charge in [-0.1, -0.05) is 12.7 Å². The molecule has 1 N–H and O–H groups in total. The summed E-state index contributed by atoms with van der Waals surface area (Å²) in [5.41, 5.74) is -0.443. The fourth-order valence-corrected chi connectivity index (χ4v) is 2.70. The van der Waals surface area contributed by atoms with Gasteiger partial charge in [-0.3, -0.25) is 0 Å². The molecule has 0 aliphatic carbocycles. The molecule has 1 aromatic carbocycles. The highest BCUT2D eigenvalue weighted by atomic mass is 16.6. The fourth-order valence-electron chi connectivity index (χ4n) is 2.70. The summed E-state index contributed by atoms with van der Waals surface area (Å²) in [7, 11) is 0. The number of carboxylic acids is 1. The molecule has 1 heterocycles. The van der Waals surface area contributed by atoms with Crippen molar-refractivity contribution in [1.29, 1.82) is 0 Å². The Hall–Kier alpha value is -2.70. The molecular formula is C20H27NO6. The fraction of sp³-hybridized carbons (Fsp3) is 0.500. The zero-order valence-corrected chi connectivity index (χ0v) is 16.1. The van der Waals surface area contributed by atoms with Crippen LogP contribution in [0.4, 0.5) is 4.79 Å². The summed E-state index contributed by atoms with van der Waals surface area (Å²) < 4.78 is 16.8. The van der Waals surface area contributed by atoms with Gasteiger partial charge in [0, 0.05) is 32.0 Å². The standard InChI is InChI=1S/C20H27NO6/c1-5-12-25-17-13-15(6-7-16(17)18(22)23)26-14-8-10-21(11-9-14)19(24)27-20(2,3)4/h5-7,13-14H,1,8-12H2,2-4H3,(H,22,23). The molecule has 0 saturated carbocycles. The van der Waals surface area contributed by atoms with Crippen LogP contribution in [-0.2, 0) is 4.74 Å². The lowest BCUT2D eigenvalue weighted by molar-refractivity contribution is 0.0126. The molecule has 1 aliphatic rings. The van der Waals surface area contributed by atoms with E-state index in [0.29, 0.717) is 31.7 Å². The number of carbonyl (C=O) groups excluding carboxylic acids is 1. The Morgan fingerprint density at radius 2 is 1.96 bits per heavy atom. The molecule has 1 amide bonds. The number of ether oxygens (including phenoxy) is 3. The highest BCUT2D eigenvalue weighted by Crippen LogP contribution is 2.27. The first kappa shape index (κ1) is 20.6. The van der Waals surface area contributed by atoms with Crippen molar-refractivity contribution in [1.82, 2.24) is 4.90 Å². The smallest absolute Gasteiger partial charge is 0.410 e. The van der Waals surface area contributed by atoms with Gasteiger partial charge in [0.2, 0.25) is 0 Å². The van der Waals surface area contributed by atoms with Crippen LogP contribution in [0.3, 0.4) is 0 Å². The van der Waals surface area contributed by atoms with Crippen molar-refractivity contribution >= 4 is 12.1 Å². The van der Waals surface area contributed by atoms with Gasteiger partial charge in [-0.25, -0.2) is 9.59 Å². The van der Waals surface area contributed by atoms with E-state index in [4.69, 9.17) is 14.2 Å². The van der Waals surface area contributed by atoms with Crippen molar-refractivity contribution in [3.05, 3.63) is 36.4 Å². The molecule has 2 rings (SSSR count). The lowest BCUT2D eigenvalue weighted by Crippen LogP contribution is -2.44. The van der Waals surface area contributed by atoms with Gasteiger partial charge in [-0.15, -0.1) is 0 Å². The Labute approximate surface area is 159 Å². The first-order chi connectivity index (χ1) is 12.7. The molecule has 7 heteroatoms. The molecule has 0 radical (unpaired) electrons. The van der Waals surface area contributed by atoms with E-state index in [9.17, 15) is 14.7 Å². The molecule has 0 atom stereocenters. The second-order valence-corrected chi connectivity index (χ2v) is 7.35. The van der Waals surface area contributed by atoms with E-state index >= 15 is 0 Å². The second-order valence-electron chi connectivity index (χ2n) is 7.35. The number of piperidine rings is 1. The third kappa shape index (κ3) is 6.20. The SMILES string of the molecule is C=CCOc1cc(OC2CCN(C(=O)OC(C)(C)C)CC2)ccc1C(=O)O. The number of amides is 1. The highest BCUT2D eigenvalue weighted by Gasteiger charge is 2.27. The number of aromatic carboxylic acids is 1. The number of rotatable bonds is 6. The average Bonchev–Trinajstić information content (AvgIpc) is 2.59. The van der Waals surface area contributed by atoms with Crippen LogP contribution >= 0.6 is 0 Å². The third-order valence-electron chi connectivity index (χ3n) is 3.94. The summed E-state index contributed by atoms with van der Waals surface area (Å²) in [6.45, 7) is 10.4. The van der Waals surface area contributed by atoms with E-state index in [1.54, 1.807) is 23.1 Å². The van der Waals surface area contributed by atoms with E-state index in [1.807, 2.05) is 20.8 Å². The summed E-state index contributed by atoms with van der Waals surface area (Å²) in [6.07, 6.45) is 2.51. The summed E-state index contributed by atoms with van der Waals surface area (Å²) >= 11 is 0. The summed E-state index contributed by atoms with van der Waals surface area (Å²) in [5.74, 6) is -0.285. The zero-order valence-electron chi connectivity index (χ0n) is 16.1. The van der Waals surface area contributed by atoms with E-state index in [2.05, 4.69) is 6.58 Å². The molecule has 1 aliphatic heterocycles. The van der Waals surface area contributed by atoms with Crippen LogP contribution in [0, 0.1) is 0 Å². The molecule has 1 fully saturated rings. The van der Waals surface area contributed by atoms with Crippen LogP contribution in [0.1, 0.15) is 44.0 Å². The van der Waals surface area contributed by atoms with Gasteiger partial charge < -0.3 is 24.2 Å². The van der Waals surface area contributed by atoms with Gasteiger partial charge in [0.25, 0.3) is 0 Å². The van der Waals surface area contributed by atoms with E-state index in [0.717, 1.165) is 0 Å². The van der Waals surface area contributed by atoms with Gasteiger partial charge in [-0.2, -0.15) is 0 Å². The third-order valence-corrected chi connectivity index (χ3v) is 3.94. The quantitative estimate of drug-likeness (QED) is 0.761. The first-order valence-corrected chi connectivity index (χ1v) is 8.95. The minimum atomic E-state index is -1.06. The largest absolute Gasteiger partial charge is 0.490 e. The van der Waals surface area contributed by atoms with Crippen molar-refractivity contribution in [2.75, 3.05) is 19.7 Å². The molecular weight excluding hydrogens is 350 g/mol. The normalized spacial score (nSPS) is 15.1. The van der Waals surface area contributed by atoms with Crippen molar-refractivity contribution in [3.63, 3.8) is 0 Å². The van der Waals surface area contributed by atoms with Crippen LogP contribution in [0.25, 0.3) is 0 Å². The zero-order chi connectivity index (χ0) is 20.0. The summed E-state index contributed by atoms with van der Waals surface area (Å²) in [4.78, 5) is 25.1. The molecule has 7 nitrogen and oxygen atoms in total. The average molecular weight is 377 g/mol. The number of hydrogen-bond donors (Lipinski definition) is 1. The topological polar surface area (TPSA) is 85.3 Å². The Bertz CT molecular complexity index is 686. The van der Waals surface area contributed by atoms with Crippen LogP contribution in [-0.4, -0.2) is 53.5 Å². The lowest BCUT2D eigenvalue weighted by Gasteiger charge is -2.33.